The maximum absolute atomic E-state index is 11.3. The van der Waals surface area contributed by atoms with Gasteiger partial charge in [-0.2, -0.15) is 0 Å². The number of hydrogen-bond acceptors (Lipinski definition) is 3. The lowest BCUT2D eigenvalue weighted by Crippen LogP contribution is -2.40. The highest BCUT2D eigenvalue weighted by atomic mass is 16.7. The first-order chi connectivity index (χ1) is 9.74. The molecule has 1 amide bonds. The summed E-state index contributed by atoms with van der Waals surface area (Å²) in [6, 6.07) is 6.12. The van der Waals surface area contributed by atoms with Crippen LogP contribution in [-0.4, -0.2) is 18.2 Å². The van der Waals surface area contributed by atoms with Crippen molar-refractivity contribution in [1.29, 1.82) is 0 Å². The molecular formula is C16H19NO3. The third-order valence-electron chi connectivity index (χ3n) is 4.62. The SMILES string of the molecule is O=C1CC(c2ccc3c(c2)OC2(CCCCC2)O3)CN1. The Morgan fingerprint density at radius 2 is 1.90 bits per heavy atom. The Bertz CT molecular complexity index is 549. The molecule has 0 aromatic heterocycles. The number of nitrogens with one attached hydrogen (secondary N) is 1. The highest BCUT2D eigenvalue weighted by molar-refractivity contribution is 5.79. The first kappa shape index (κ1) is 12.1. The average molecular weight is 273 g/mol. The second-order valence-electron chi connectivity index (χ2n) is 6.09. The highest BCUT2D eigenvalue weighted by Gasteiger charge is 2.42. The van der Waals surface area contributed by atoms with E-state index < -0.39 is 5.79 Å². The number of carbonyl (C=O) groups excluding carboxylic acids is 1. The molecule has 1 spiro atoms. The normalized spacial score (nSPS) is 26.8. The molecule has 1 saturated heterocycles. The maximum Gasteiger partial charge on any atom is 0.251 e. The summed E-state index contributed by atoms with van der Waals surface area (Å²) in [5.74, 6) is 1.69. The van der Waals surface area contributed by atoms with Crippen LogP contribution in [0.1, 0.15) is 50.0 Å². The van der Waals surface area contributed by atoms with Gasteiger partial charge in [0.05, 0.1) is 0 Å². The van der Waals surface area contributed by atoms with Crippen LogP contribution in [0.2, 0.25) is 0 Å². The van der Waals surface area contributed by atoms with Gasteiger partial charge >= 0.3 is 0 Å². The van der Waals surface area contributed by atoms with Crippen LogP contribution in [-0.2, 0) is 4.79 Å². The fourth-order valence-corrected chi connectivity index (χ4v) is 3.50. The molecule has 2 aliphatic heterocycles. The Balaban J connectivity index is 1.58. The number of hydrogen-bond donors (Lipinski definition) is 1. The minimum absolute atomic E-state index is 0.136. The number of amides is 1. The Hall–Kier alpha value is -1.71. The van der Waals surface area contributed by atoms with Gasteiger partial charge in [-0.25, -0.2) is 0 Å². The minimum Gasteiger partial charge on any atom is -0.448 e. The van der Waals surface area contributed by atoms with E-state index in [1.807, 2.05) is 6.07 Å². The Kier molecular flexibility index (Phi) is 2.65. The van der Waals surface area contributed by atoms with Gasteiger partial charge in [-0.3, -0.25) is 4.79 Å². The van der Waals surface area contributed by atoms with Gasteiger partial charge < -0.3 is 14.8 Å². The summed E-state index contributed by atoms with van der Waals surface area (Å²) in [6.45, 7) is 0.726. The van der Waals surface area contributed by atoms with Crippen LogP contribution < -0.4 is 14.8 Å². The van der Waals surface area contributed by atoms with E-state index in [0.29, 0.717) is 6.42 Å². The summed E-state index contributed by atoms with van der Waals surface area (Å²) in [7, 11) is 0. The standard InChI is InChI=1S/C16H19NO3/c18-15-9-12(10-17-15)11-4-5-13-14(8-11)20-16(19-13)6-2-1-3-7-16/h4-5,8,12H,1-3,6-7,9-10H2,(H,17,18). The van der Waals surface area contributed by atoms with E-state index in [1.54, 1.807) is 0 Å². The van der Waals surface area contributed by atoms with Crippen LogP contribution in [0, 0.1) is 0 Å². The van der Waals surface area contributed by atoms with Crippen molar-refractivity contribution >= 4 is 5.91 Å². The number of ether oxygens (including phenoxy) is 2. The minimum atomic E-state index is -0.414. The van der Waals surface area contributed by atoms with Gasteiger partial charge in [0.15, 0.2) is 11.5 Å². The van der Waals surface area contributed by atoms with Gasteiger partial charge in [-0.05, 0) is 30.5 Å². The lowest BCUT2D eigenvalue weighted by Gasteiger charge is -2.31. The number of carbonyl (C=O) groups is 1. The van der Waals surface area contributed by atoms with Crippen molar-refractivity contribution in [2.45, 2.75) is 50.2 Å². The van der Waals surface area contributed by atoms with Crippen molar-refractivity contribution in [3.05, 3.63) is 23.8 Å². The molecule has 106 valence electrons. The van der Waals surface area contributed by atoms with Crippen molar-refractivity contribution in [3.8, 4) is 11.5 Å². The molecule has 1 N–H and O–H groups in total. The van der Waals surface area contributed by atoms with Crippen LogP contribution in [0.4, 0.5) is 0 Å². The third-order valence-corrected chi connectivity index (χ3v) is 4.62. The first-order valence-electron chi connectivity index (χ1n) is 7.53. The lowest BCUT2D eigenvalue weighted by molar-refractivity contribution is -0.119. The van der Waals surface area contributed by atoms with Gasteiger partial charge in [-0.15, -0.1) is 0 Å². The lowest BCUT2D eigenvalue weighted by atomic mass is 9.94. The molecule has 0 bridgehead atoms. The van der Waals surface area contributed by atoms with E-state index in [-0.39, 0.29) is 11.8 Å². The molecular weight excluding hydrogens is 254 g/mol. The molecule has 1 aliphatic carbocycles. The molecule has 2 heterocycles. The van der Waals surface area contributed by atoms with Crippen LogP contribution >= 0.6 is 0 Å². The second kappa shape index (κ2) is 4.40. The molecule has 0 radical (unpaired) electrons. The zero-order valence-electron chi connectivity index (χ0n) is 11.5. The first-order valence-corrected chi connectivity index (χ1v) is 7.53. The molecule has 1 unspecified atom stereocenters. The van der Waals surface area contributed by atoms with E-state index in [0.717, 1.165) is 30.9 Å². The Labute approximate surface area is 118 Å². The smallest absolute Gasteiger partial charge is 0.251 e. The summed E-state index contributed by atoms with van der Waals surface area (Å²) in [5.41, 5.74) is 1.17. The summed E-state index contributed by atoms with van der Waals surface area (Å²) >= 11 is 0. The van der Waals surface area contributed by atoms with Crippen molar-refractivity contribution in [1.82, 2.24) is 5.32 Å². The molecule has 1 atom stereocenters. The van der Waals surface area contributed by atoms with E-state index in [1.165, 1.54) is 24.8 Å². The summed E-state index contributed by atoms with van der Waals surface area (Å²) in [5, 5.41) is 2.88. The summed E-state index contributed by atoms with van der Waals surface area (Å²) < 4.78 is 12.2. The molecule has 4 heteroatoms. The molecule has 3 aliphatic rings. The Morgan fingerprint density at radius 1 is 1.10 bits per heavy atom. The zero-order chi connectivity index (χ0) is 13.6. The van der Waals surface area contributed by atoms with Gasteiger partial charge in [0.25, 0.3) is 5.79 Å². The van der Waals surface area contributed by atoms with Crippen LogP contribution in [0.5, 0.6) is 11.5 Å². The fraction of sp³-hybridized carbons (Fsp3) is 0.562. The number of rotatable bonds is 1. The van der Waals surface area contributed by atoms with Gasteiger partial charge in [0.1, 0.15) is 0 Å². The Morgan fingerprint density at radius 3 is 2.65 bits per heavy atom. The molecule has 20 heavy (non-hydrogen) atoms. The van der Waals surface area contributed by atoms with E-state index >= 15 is 0 Å². The van der Waals surface area contributed by atoms with Crippen molar-refractivity contribution in [2.24, 2.45) is 0 Å². The second-order valence-corrected chi connectivity index (χ2v) is 6.09. The molecule has 4 nitrogen and oxygen atoms in total. The van der Waals surface area contributed by atoms with Crippen LogP contribution in [0.25, 0.3) is 0 Å². The zero-order valence-corrected chi connectivity index (χ0v) is 11.5. The van der Waals surface area contributed by atoms with Crippen molar-refractivity contribution < 1.29 is 14.3 Å². The largest absolute Gasteiger partial charge is 0.448 e. The molecule has 1 aromatic rings. The number of fused-ring (bicyclic) bond motifs is 1. The van der Waals surface area contributed by atoms with Crippen LogP contribution in [0.3, 0.4) is 0 Å². The van der Waals surface area contributed by atoms with E-state index in [4.69, 9.17) is 9.47 Å². The van der Waals surface area contributed by atoms with E-state index in [9.17, 15) is 4.79 Å². The van der Waals surface area contributed by atoms with E-state index in [2.05, 4.69) is 17.4 Å². The maximum atomic E-state index is 11.3. The quantitative estimate of drug-likeness (QED) is 0.856. The monoisotopic (exact) mass is 273 g/mol. The predicted molar refractivity (Wildman–Crippen MR) is 73.9 cm³/mol. The molecule has 1 aromatic carbocycles. The topological polar surface area (TPSA) is 47.6 Å². The molecule has 4 rings (SSSR count). The average Bonchev–Trinajstić information content (AvgIpc) is 3.02. The van der Waals surface area contributed by atoms with Gasteiger partial charge in [-0.1, -0.05) is 12.5 Å². The third kappa shape index (κ3) is 1.94. The predicted octanol–water partition coefficient (Wildman–Crippen LogP) is 2.72. The van der Waals surface area contributed by atoms with Gasteiger partial charge in [0, 0.05) is 31.7 Å². The van der Waals surface area contributed by atoms with Gasteiger partial charge in [0.2, 0.25) is 5.91 Å². The molecule has 2 fully saturated rings. The van der Waals surface area contributed by atoms with Crippen molar-refractivity contribution in [3.63, 3.8) is 0 Å². The molecule has 1 saturated carbocycles. The summed E-state index contributed by atoms with van der Waals surface area (Å²) in [4.78, 5) is 11.3. The number of benzene rings is 1. The summed E-state index contributed by atoms with van der Waals surface area (Å²) in [6.07, 6.45) is 6.13. The van der Waals surface area contributed by atoms with Crippen LogP contribution in [0.15, 0.2) is 18.2 Å². The fourth-order valence-electron chi connectivity index (χ4n) is 3.50. The van der Waals surface area contributed by atoms with Crippen molar-refractivity contribution in [2.75, 3.05) is 6.54 Å². The highest BCUT2D eigenvalue weighted by Crippen LogP contribution is 2.46.